The van der Waals surface area contributed by atoms with Crippen LogP contribution in [0, 0.1) is 21.4 Å². The van der Waals surface area contributed by atoms with E-state index in [9.17, 15) is 20.2 Å². The van der Waals surface area contributed by atoms with Gasteiger partial charge in [-0.2, -0.15) is 5.26 Å². The third kappa shape index (κ3) is 6.12. The van der Waals surface area contributed by atoms with E-state index in [0.29, 0.717) is 35.5 Å². The Kier molecular flexibility index (Phi) is 7.83. The number of hydrogen-bond donors (Lipinski definition) is 1. The van der Waals surface area contributed by atoms with Crippen molar-refractivity contribution < 1.29 is 14.5 Å². The number of pyridine rings is 1. The molecule has 0 spiro atoms. The van der Waals surface area contributed by atoms with Gasteiger partial charge in [-0.3, -0.25) is 20.1 Å². The predicted molar refractivity (Wildman–Crippen MR) is 151 cm³/mol. The summed E-state index contributed by atoms with van der Waals surface area (Å²) >= 11 is 0. The minimum atomic E-state index is -0.792. The lowest BCUT2D eigenvalue weighted by Gasteiger charge is -2.23. The van der Waals surface area contributed by atoms with Crippen molar-refractivity contribution in [3.05, 3.63) is 124 Å². The molecule has 202 valence electrons. The van der Waals surface area contributed by atoms with Crippen molar-refractivity contribution in [2.75, 3.05) is 11.9 Å². The van der Waals surface area contributed by atoms with Gasteiger partial charge in [0, 0.05) is 30.6 Å². The lowest BCUT2D eigenvalue weighted by Crippen LogP contribution is -2.25. The number of nitriles is 1. The summed E-state index contributed by atoms with van der Waals surface area (Å²) in [5, 5.41) is 23.4. The Morgan fingerprint density at radius 2 is 1.85 bits per heavy atom. The van der Waals surface area contributed by atoms with Gasteiger partial charge >= 0.3 is 5.97 Å². The van der Waals surface area contributed by atoms with Crippen LogP contribution in [0.5, 0.6) is 0 Å². The van der Waals surface area contributed by atoms with E-state index in [4.69, 9.17) is 4.74 Å². The second-order valence-electron chi connectivity index (χ2n) is 9.10. The second-order valence-corrected chi connectivity index (χ2v) is 9.10. The summed E-state index contributed by atoms with van der Waals surface area (Å²) in [5.41, 5.74) is 2.17. The number of aromatic nitrogens is 3. The third-order valence-electron chi connectivity index (χ3n) is 6.46. The molecular formula is C30H23N7O4. The number of nitrogens with one attached hydrogen (secondary N) is 1. The lowest BCUT2D eigenvalue weighted by molar-refractivity contribution is -0.385. The molecule has 1 aliphatic heterocycles. The highest BCUT2D eigenvalue weighted by Gasteiger charge is 2.32. The van der Waals surface area contributed by atoms with E-state index in [1.807, 2.05) is 36.4 Å². The zero-order chi connectivity index (χ0) is 28.7. The van der Waals surface area contributed by atoms with Crippen molar-refractivity contribution in [2.24, 2.45) is 4.99 Å². The Hall–Kier alpha value is -5.76. The van der Waals surface area contributed by atoms with Crippen molar-refractivity contribution in [1.82, 2.24) is 15.0 Å². The summed E-state index contributed by atoms with van der Waals surface area (Å²) in [6.07, 6.45) is 8.45. The number of nitrogens with zero attached hydrogens (tertiary/aromatic N) is 6. The van der Waals surface area contributed by atoms with Crippen LogP contribution >= 0.6 is 0 Å². The van der Waals surface area contributed by atoms with E-state index in [1.54, 1.807) is 42.6 Å². The van der Waals surface area contributed by atoms with Gasteiger partial charge in [0.15, 0.2) is 0 Å². The molecule has 5 rings (SSSR count). The zero-order valence-corrected chi connectivity index (χ0v) is 21.7. The first-order valence-corrected chi connectivity index (χ1v) is 12.6. The number of ether oxygens (including phenoxy) is 1. The highest BCUT2D eigenvalue weighted by Crippen LogP contribution is 2.33. The fourth-order valence-corrected chi connectivity index (χ4v) is 4.30. The Balaban J connectivity index is 1.35. The van der Waals surface area contributed by atoms with Gasteiger partial charge in [-0.15, -0.1) is 0 Å². The van der Waals surface area contributed by atoms with Crippen molar-refractivity contribution >= 4 is 23.8 Å². The van der Waals surface area contributed by atoms with Crippen LogP contribution in [0.3, 0.4) is 0 Å². The number of allylic oxidation sites excluding steroid dienone is 1. The van der Waals surface area contributed by atoms with Crippen LogP contribution in [0.25, 0.3) is 11.3 Å². The molecule has 1 aliphatic rings. The molecule has 0 radical (unpaired) electrons. The van der Waals surface area contributed by atoms with Crippen molar-refractivity contribution in [3.63, 3.8) is 0 Å². The van der Waals surface area contributed by atoms with Gasteiger partial charge in [0.1, 0.15) is 23.9 Å². The molecule has 0 saturated heterocycles. The number of benzene rings is 2. The fraction of sp³-hybridized carbons (Fsp3) is 0.133. The standard InChI is InChI=1S/C30H23N7O4/c31-17-21-7-9-23(10-8-21)27-25(28(38)41-20-22-5-2-1-3-6-22)19-34-29(36-27)32-16-14-30(13-4-15-35-30)26-12-11-24(18-33-26)37(39)40/h1-13,15,18-19H,14,16,20H2,(H,32,34,36). The molecule has 0 amide bonds. The largest absolute Gasteiger partial charge is 0.457 e. The van der Waals surface area contributed by atoms with Crippen molar-refractivity contribution in [2.45, 2.75) is 18.6 Å². The van der Waals surface area contributed by atoms with Gasteiger partial charge in [0.2, 0.25) is 5.95 Å². The number of nitro groups is 1. The van der Waals surface area contributed by atoms with Crippen molar-refractivity contribution in [1.29, 1.82) is 5.26 Å². The molecule has 4 aromatic rings. The minimum absolute atomic E-state index is 0.0965. The SMILES string of the molecule is N#Cc1ccc(-c2nc(NCCC3(c4ccc([N+](=O)[O-])cn4)C=CC=N3)ncc2C(=O)OCc2ccccc2)cc1. The molecular weight excluding hydrogens is 522 g/mol. The summed E-state index contributed by atoms with van der Waals surface area (Å²) in [6, 6.07) is 21.1. The van der Waals surface area contributed by atoms with Gasteiger partial charge in [-0.1, -0.05) is 42.5 Å². The van der Waals surface area contributed by atoms with Gasteiger partial charge in [0.05, 0.1) is 27.9 Å². The Labute approximate surface area is 235 Å². The molecule has 11 heteroatoms. The Morgan fingerprint density at radius 3 is 2.51 bits per heavy atom. The maximum Gasteiger partial charge on any atom is 0.342 e. The second kappa shape index (κ2) is 12.0. The summed E-state index contributed by atoms with van der Waals surface area (Å²) in [4.78, 5) is 41.4. The van der Waals surface area contributed by atoms with E-state index >= 15 is 0 Å². The maximum atomic E-state index is 13.1. The van der Waals surface area contributed by atoms with Crippen LogP contribution in [0.4, 0.5) is 11.6 Å². The van der Waals surface area contributed by atoms with E-state index < -0.39 is 16.4 Å². The molecule has 0 saturated carbocycles. The minimum Gasteiger partial charge on any atom is -0.457 e. The highest BCUT2D eigenvalue weighted by atomic mass is 16.6. The molecule has 3 heterocycles. The van der Waals surface area contributed by atoms with Crippen LogP contribution in [-0.2, 0) is 16.9 Å². The number of carbonyl (C=O) groups excluding carboxylic acids is 1. The van der Waals surface area contributed by atoms with Crippen LogP contribution in [0.15, 0.2) is 96.3 Å². The maximum absolute atomic E-state index is 13.1. The summed E-state index contributed by atoms with van der Waals surface area (Å²) < 4.78 is 5.53. The number of esters is 1. The predicted octanol–water partition coefficient (Wildman–Crippen LogP) is 5.01. The average Bonchev–Trinajstić information content (AvgIpc) is 3.50. The Bertz CT molecular complexity index is 1650. The molecule has 1 unspecified atom stereocenters. The summed E-state index contributed by atoms with van der Waals surface area (Å²) in [5.74, 6) is -0.296. The first kappa shape index (κ1) is 26.8. The topological polar surface area (TPSA) is 156 Å². The molecule has 2 aromatic carbocycles. The van der Waals surface area contributed by atoms with E-state index in [2.05, 4.69) is 31.3 Å². The molecule has 41 heavy (non-hydrogen) atoms. The average molecular weight is 546 g/mol. The quantitative estimate of drug-likeness (QED) is 0.164. The molecule has 0 bridgehead atoms. The molecule has 0 fully saturated rings. The van der Waals surface area contributed by atoms with Gasteiger partial charge in [-0.25, -0.2) is 14.8 Å². The van der Waals surface area contributed by atoms with Crippen LogP contribution in [0.1, 0.15) is 33.6 Å². The highest BCUT2D eigenvalue weighted by molar-refractivity contribution is 5.96. The summed E-state index contributed by atoms with van der Waals surface area (Å²) in [7, 11) is 0. The zero-order valence-electron chi connectivity index (χ0n) is 21.7. The number of aliphatic imine (C=N–C) groups is 1. The Morgan fingerprint density at radius 1 is 1.05 bits per heavy atom. The summed E-state index contributed by atoms with van der Waals surface area (Å²) in [6.45, 7) is 0.476. The van der Waals surface area contributed by atoms with Gasteiger partial charge in [0.25, 0.3) is 5.69 Å². The van der Waals surface area contributed by atoms with Crippen molar-refractivity contribution in [3.8, 4) is 17.3 Å². The van der Waals surface area contributed by atoms with Gasteiger partial charge in [-0.05, 0) is 42.3 Å². The van der Waals surface area contributed by atoms with Crippen LogP contribution in [-0.4, -0.2) is 38.6 Å². The first-order chi connectivity index (χ1) is 20.0. The number of anilines is 1. The number of hydrogen-bond acceptors (Lipinski definition) is 10. The normalized spacial score (nSPS) is 15.3. The molecule has 0 aliphatic carbocycles. The van der Waals surface area contributed by atoms with E-state index in [1.165, 1.54) is 18.5 Å². The molecule has 1 atom stereocenters. The third-order valence-corrected chi connectivity index (χ3v) is 6.46. The van der Waals surface area contributed by atoms with E-state index in [-0.39, 0.29) is 23.8 Å². The molecule has 11 nitrogen and oxygen atoms in total. The monoisotopic (exact) mass is 545 g/mol. The molecule has 1 N–H and O–H groups in total. The van der Waals surface area contributed by atoms with Crippen LogP contribution < -0.4 is 5.32 Å². The molecule has 2 aromatic heterocycles. The van der Waals surface area contributed by atoms with E-state index in [0.717, 1.165) is 5.56 Å². The number of carbonyl (C=O) groups is 1. The number of rotatable bonds is 10. The van der Waals surface area contributed by atoms with Gasteiger partial charge < -0.3 is 10.1 Å². The first-order valence-electron chi connectivity index (χ1n) is 12.6. The fourth-order valence-electron chi connectivity index (χ4n) is 4.30. The lowest BCUT2D eigenvalue weighted by atomic mass is 9.92. The van der Waals surface area contributed by atoms with Crippen LogP contribution in [0.2, 0.25) is 0 Å². The smallest absolute Gasteiger partial charge is 0.342 e.